The summed E-state index contributed by atoms with van der Waals surface area (Å²) in [5.74, 6) is -0.0974. The smallest absolute Gasteiger partial charge is 0.310 e. The molecule has 2 rings (SSSR count). The molecular weight excluding hydrogens is 306 g/mol. The Bertz CT molecular complexity index is 691. The van der Waals surface area contributed by atoms with Crippen molar-refractivity contribution in [3.8, 4) is 0 Å². The topological polar surface area (TPSA) is 69.4 Å². The van der Waals surface area contributed by atoms with Crippen molar-refractivity contribution in [3.05, 3.63) is 50.6 Å². The summed E-state index contributed by atoms with van der Waals surface area (Å²) in [4.78, 5) is 22.9. The van der Waals surface area contributed by atoms with Crippen LogP contribution in [0, 0.1) is 41.2 Å². The van der Waals surface area contributed by atoms with Crippen LogP contribution >= 0.6 is 0 Å². The Morgan fingerprint density at radius 2 is 1.83 bits per heavy atom. The third kappa shape index (κ3) is 3.50. The molecule has 0 aliphatic heterocycles. The third-order valence-corrected chi connectivity index (χ3v) is 4.93. The van der Waals surface area contributed by atoms with E-state index >= 15 is 0 Å². The molecular formula is C19H25NO4. The zero-order valence-electron chi connectivity index (χ0n) is 15.2. The van der Waals surface area contributed by atoms with E-state index in [2.05, 4.69) is 19.9 Å². The van der Waals surface area contributed by atoms with Crippen LogP contribution in [-0.4, -0.2) is 10.9 Å². The highest BCUT2D eigenvalue weighted by atomic mass is 16.6. The van der Waals surface area contributed by atoms with Crippen molar-refractivity contribution in [2.75, 3.05) is 0 Å². The molecule has 1 aromatic carbocycles. The van der Waals surface area contributed by atoms with Gasteiger partial charge in [-0.15, -0.1) is 0 Å². The van der Waals surface area contributed by atoms with Gasteiger partial charge in [0.05, 0.1) is 10.8 Å². The van der Waals surface area contributed by atoms with Crippen LogP contribution in [-0.2, 0) is 16.1 Å². The SMILES string of the molecule is CC(C)=CC1C(C(=O)OCc2c(C)cc([N+](=O)[O-])cc2C)C1(C)C. The van der Waals surface area contributed by atoms with E-state index in [1.54, 1.807) is 13.8 Å². The molecule has 1 saturated carbocycles. The van der Waals surface area contributed by atoms with Crippen LogP contribution in [0.2, 0.25) is 0 Å². The van der Waals surface area contributed by atoms with Crippen molar-refractivity contribution in [2.24, 2.45) is 17.3 Å². The number of hydrogen-bond donors (Lipinski definition) is 0. The number of non-ortho nitro benzene ring substituents is 1. The number of nitro groups is 1. The minimum absolute atomic E-state index is 0.0621. The van der Waals surface area contributed by atoms with Gasteiger partial charge in [0, 0.05) is 12.1 Å². The number of rotatable bonds is 5. The molecule has 1 aliphatic rings. The Morgan fingerprint density at radius 1 is 1.29 bits per heavy atom. The Hall–Kier alpha value is -2.17. The minimum Gasteiger partial charge on any atom is -0.461 e. The summed E-state index contributed by atoms with van der Waals surface area (Å²) in [6.45, 7) is 12.0. The first-order valence-electron chi connectivity index (χ1n) is 8.12. The number of hydrogen-bond acceptors (Lipinski definition) is 4. The van der Waals surface area contributed by atoms with E-state index in [-0.39, 0.29) is 35.5 Å². The van der Waals surface area contributed by atoms with Gasteiger partial charge in [0.15, 0.2) is 0 Å². The normalized spacial score (nSPS) is 21.1. The van der Waals surface area contributed by atoms with Gasteiger partial charge in [-0.25, -0.2) is 0 Å². The number of benzene rings is 1. The summed E-state index contributed by atoms with van der Waals surface area (Å²) in [6.07, 6.45) is 2.13. The van der Waals surface area contributed by atoms with Crippen LogP contribution in [0.25, 0.3) is 0 Å². The predicted molar refractivity (Wildman–Crippen MR) is 92.6 cm³/mol. The van der Waals surface area contributed by atoms with E-state index in [1.165, 1.54) is 17.7 Å². The molecule has 0 heterocycles. The maximum absolute atomic E-state index is 12.4. The zero-order valence-corrected chi connectivity index (χ0v) is 15.2. The van der Waals surface area contributed by atoms with Gasteiger partial charge < -0.3 is 4.74 Å². The van der Waals surface area contributed by atoms with E-state index in [9.17, 15) is 14.9 Å². The molecule has 0 bridgehead atoms. The first-order chi connectivity index (χ1) is 11.1. The van der Waals surface area contributed by atoms with Crippen molar-refractivity contribution in [3.63, 3.8) is 0 Å². The molecule has 0 aromatic heterocycles. The average molecular weight is 331 g/mol. The summed E-state index contributed by atoms with van der Waals surface area (Å²) in [5, 5.41) is 10.9. The maximum Gasteiger partial charge on any atom is 0.310 e. The van der Waals surface area contributed by atoms with Crippen molar-refractivity contribution >= 4 is 11.7 Å². The minimum atomic E-state index is -0.410. The number of nitro benzene ring substituents is 1. The fourth-order valence-corrected chi connectivity index (χ4v) is 3.33. The molecule has 0 spiro atoms. The number of aryl methyl sites for hydroxylation is 2. The number of ether oxygens (including phenoxy) is 1. The average Bonchev–Trinajstić information content (AvgIpc) is 2.97. The van der Waals surface area contributed by atoms with Gasteiger partial charge in [-0.2, -0.15) is 0 Å². The Labute approximate surface area is 142 Å². The lowest BCUT2D eigenvalue weighted by atomic mass is 10.0. The fourth-order valence-electron chi connectivity index (χ4n) is 3.33. The summed E-state index contributed by atoms with van der Waals surface area (Å²) >= 11 is 0. The summed E-state index contributed by atoms with van der Waals surface area (Å²) in [5.41, 5.74) is 3.56. The molecule has 0 N–H and O–H groups in total. The van der Waals surface area contributed by atoms with Crippen LogP contribution < -0.4 is 0 Å². The molecule has 5 heteroatoms. The van der Waals surface area contributed by atoms with Gasteiger partial charge in [0.1, 0.15) is 6.61 Å². The van der Waals surface area contributed by atoms with Crippen molar-refractivity contribution in [2.45, 2.75) is 48.1 Å². The number of carbonyl (C=O) groups is 1. The summed E-state index contributed by atoms with van der Waals surface area (Å²) in [7, 11) is 0. The molecule has 130 valence electrons. The monoisotopic (exact) mass is 331 g/mol. The Morgan fingerprint density at radius 3 is 2.29 bits per heavy atom. The highest BCUT2D eigenvalue weighted by Crippen LogP contribution is 2.59. The van der Waals surface area contributed by atoms with Gasteiger partial charge in [-0.1, -0.05) is 25.5 Å². The molecule has 0 radical (unpaired) electrons. The van der Waals surface area contributed by atoms with Crippen molar-refractivity contribution < 1.29 is 14.5 Å². The predicted octanol–water partition coefficient (Wildman–Crippen LogP) is 4.49. The van der Waals surface area contributed by atoms with E-state index in [4.69, 9.17) is 4.74 Å². The molecule has 1 aliphatic carbocycles. The first kappa shape index (κ1) is 18.2. The summed E-state index contributed by atoms with van der Waals surface area (Å²) in [6, 6.07) is 3.03. The van der Waals surface area contributed by atoms with Gasteiger partial charge in [-0.05, 0) is 55.7 Å². The molecule has 24 heavy (non-hydrogen) atoms. The van der Waals surface area contributed by atoms with Crippen LogP contribution in [0.4, 0.5) is 5.69 Å². The van der Waals surface area contributed by atoms with Crippen LogP contribution in [0.5, 0.6) is 0 Å². The van der Waals surface area contributed by atoms with Crippen LogP contribution in [0.3, 0.4) is 0 Å². The van der Waals surface area contributed by atoms with Gasteiger partial charge >= 0.3 is 5.97 Å². The highest BCUT2D eigenvalue weighted by molar-refractivity contribution is 5.78. The largest absolute Gasteiger partial charge is 0.461 e. The summed E-state index contributed by atoms with van der Waals surface area (Å²) < 4.78 is 5.52. The lowest BCUT2D eigenvalue weighted by molar-refractivity contribution is -0.385. The third-order valence-electron chi connectivity index (χ3n) is 4.93. The highest BCUT2D eigenvalue weighted by Gasteiger charge is 2.61. The zero-order chi connectivity index (χ0) is 18.2. The van der Waals surface area contributed by atoms with E-state index in [1.807, 2.05) is 13.8 Å². The Balaban J connectivity index is 2.08. The lowest BCUT2D eigenvalue weighted by Gasteiger charge is -2.11. The standard InChI is InChI=1S/C19H25NO4/c1-11(2)7-16-17(19(16,5)6)18(21)24-10-15-12(3)8-14(20(22)23)9-13(15)4/h7-9,16-17H,10H2,1-6H3. The first-order valence-corrected chi connectivity index (χ1v) is 8.12. The molecule has 2 unspecified atom stereocenters. The number of allylic oxidation sites excluding steroid dienone is 2. The van der Waals surface area contributed by atoms with Crippen molar-refractivity contribution in [1.29, 1.82) is 0 Å². The van der Waals surface area contributed by atoms with Crippen LogP contribution in [0.1, 0.15) is 44.4 Å². The lowest BCUT2D eigenvalue weighted by Crippen LogP contribution is -2.12. The maximum atomic E-state index is 12.4. The van der Waals surface area contributed by atoms with E-state index in [0.29, 0.717) is 0 Å². The number of carbonyl (C=O) groups excluding carboxylic acids is 1. The molecule has 0 saturated heterocycles. The van der Waals surface area contributed by atoms with E-state index in [0.717, 1.165) is 16.7 Å². The quantitative estimate of drug-likeness (QED) is 0.345. The second-order valence-electron chi connectivity index (χ2n) is 7.49. The molecule has 2 atom stereocenters. The second-order valence-corrected chi connectivity index (χ2v) is 7.49. The fraction of sp³-hybridized carbons (Fsp3) is 0.526. The van der Waals surface area contributed by atoms with Gasteiger partial charge in [-0.3, -0.25) is 14.9 Å². The van der Waals surface area contributed by atoms with Gasteiger partial charge in [0.25, 0.3) is 5.69 Å². The molecule has 1 aromatic rings. The van der Waals surface area contributed by atoms with Crippen LogP contribution in [0.15, 0.2) is 23.8 Å². The molecule has 1 fully saturated rings. The van der Waals surface area contributed by atoms with Crippen molar-refractivity contribution in [1.82, 2.24) is 0 Å². The number of esters is 1. The van der Waals surface area contributed by atoms with Gasteiger partial charge in [0.2, 0.25) is 0 Å². The Kier molecular flexibility index (Phi) is 4.83. The number of nitrogens with zero attached hydrogens (tertiary/aromatic N) is 1. The molecule has 5 nitrogen and oxygen atoms in total. The van der Waals surface area contributed by atoms with E-state index < -0.39 is 4.92 Å². The second kappa shape index (κ2) is 6.38. The molecule has 0 amide bonds.